The predicted octanol–water partition coefficient (Wildman–Crippen LogP) is -0.715. The number of aromatic amines is 1. The fourth-order valence-corrected chi connectivity index (χ4v) is 0.675. The minimum Gasteiger partial charge on any atom is -0.435 e. The Balaban J connectivity index is 0.000000243. The number of amidine groups is 1. The number of nitrogens with one attached hydrogen (secondary N) is 2. The molecule has 1 aromatic heterocycles. The summed E-state index contributed by atoms with van der Waals surface area (Å²) in [6.07, 6.45) is 3.24. The summed E-state index contributed by atoms with van der Waals surface area (Å²) in [5.41, 5.74) is 0. The van der Waals surface area contributed by atoms with Gasteiger partial charge in [0, 0.05) is 6.20 Å². The van der Waals surface area contributed by atoms with Crippen LogP contribution in [0.15, 0.2) is 12.4 Å². The molecule has 0 bridgehead atoms. The van der Waals surface area contributed by atoms with Crippen LogP contribution in [0.2, 0.25) is 0 Å². The van der Waals surface area contributed by atoms with Gasteiger partial charge in [0.1, 0.15) is 0 Å². The second-order valence-corrected chi connectivity index (χ2v) is 2.31. The lowest BCUT2D eigenvalue weighted by Crippen LogP contribution is -2.28. The maximum atomic E-state index is 4.89. The zero-order valence-electron chi connectivity index (χ0n) is 8.40. The minimum absolute atomic E-state index is 0.769. The molecule has 13 heavy (non-hydrogen) atoms. The van der Waals surface area contributed by atoms with Crippen molar-refractivity contribution in [2.75, 3.05) is 28.3 Å². The predicted molar refractivity (Wildman–Crippen MR) is 49.6 cm³/mol. The summed E-state index contributed by atoms with van der Waals surface area (Å²) in [5, 5.41) is 12.1. The van der Waals surface area contributed by atoms with Gasteiger partial charge in [-0.3, -0.25) is 5.10 Å². The smallest absolute Gasteiger partial charge is 0.435 e. The third-order valence-electron chi connectivity index (χ3n) is 1.14. The maximum Gasteiger partial charge on any atom is 0.443 e. The van der Waals surface area contributed by atoms with E-state index >= 15 is 0 Å². The Morgan fingerprint density at radius 3 is 2.31 bits per heavy atom. The minimum atomic E-state index is 0.769. The SMILES string of the molecule is CNC(OC)=[N+](C)C.c1c[nH]nn1. The molecule has 0 radical (unpaired) electrons. The average Bonchev–Trinajstić information content (AvgIpc) is 2.62. The van der Waals surface area contributed by atoms with E-state index in [0.29, 0.717) is 0 Å². The first-order valence-electron chi connectivity index (χ1n) is 3.78. The van der Waals surface area contributed by atoms with Gasteiger partial charge in [-0.2, -0.15) is 0 Å². The van der Waals surface area contributed by atoms with E-state index in [1.807, 2.05) is 25.7 Å². The Hall–Kier alpha value is -1.59. The van der Waals surface area contributed by atoms with Crippen LogP contribution in [0.4, 0.5) is 0 Å². The fourth-order valence-electron chi connectivity index (χ4n) is 0.675. The van der Waals surface area contributed by atoms with Crippen LogP contribution in [0.3, 0.4) is 0 Å². The van der Waals surface area contributed by atoms with Gasteiger partial charge < -0.3 is 4.74 Å². The highest BCUT2D eigenvalue weighted by molar-refractivity contribution is 5.67. The number of ether oxygens (including phenoxy) is 1. The Labute approximate surface area is 77.6 Å². The highest BCUT2D eigenvalue weighted by Crippen LogP contribution is 1.66. The van der Waals surface area contributed by atoms with Crippen LogP contribution in [-0.4, -0.2) is 54.3 Å². The Morgan fingerprint density at radius 2 is 2.23 bits per heavy atom. The van der Waals surface area contributed by atoms with Crippen molar-refractivity contribution in [3.05, 3.63) is 12.4 Å². The van der Waals surface area contributed by atoms with Crippen LogP contribution in [0, 0.1) is 0 Å². The maximum absolute atomic E-state index is 4.89. The lowest BCUT2D eigenvalue weighted by atomic mass is 10.9. The highest BCUT2D eigenvalue weighted by atomic mass is 16.5. The third-order valence-corrected chi connectivity index (χ3v) is 1.14. The summed E-state index contributed by atoms with van der Waals surface area (Å²) in [6.45, 7) is 0. The molecule has 0 saturated carbocycles. The molecule has 0 aliphatic carbocycles. The summed E-state index contributed by atoms with van der Waals surface area (Å²) in [5.74, 6) is 0. The molecule has 1 aromatic rings. The molecule has 2 N–H and O–H groups in total. The van der Waals surface area contributed by atoms with Gasteiger partial charge >= 0.3 is 6.02 Å². The molecule has 0 fully saturated rings. The largest absolute Gasteiger partial charge is 0.443 e. The monoisotopic (exact) mass is 186 g/mol. The zero-order valence-corrected chi connectivity index (χ0v) is 8.40. The molecule has 6 nitrogen and oxygen atoms in total. The lowest BCUT2D eigenvalue weighted by Gasteiger charge is -1.97. The van der Waals surface area contributed by atoms with Gasteiger partial charge in [0.25, 0.3) is 0 Å². The summed E-state index contributed by atoms with van der Waals surface area (Å²) in [7, 11) is 7.27. The van der Waals surface area contributed by atoms with Crippen LogP contribution < -0.4 is 5.32 Å². The van der Waals surface area contributed by atoms with Gasteiger partial charge in [0.15, 0.2) is 0 Å². The molecule has 0 unspecified atom stereocenters. The summed E-state index contributed by atoms with van der Waals surface area (Å²) < 4.78 is 6.75. The van der Waals surface area contributed by atoms with E-state index in [0.717, 1.165) is 6.02 Å². The number of H-pyrrole nitrogens is 1. The van der Waals surface area contributed by atoms with Crippen molar-refractivity contribution in [3.8, 4) is 0 Å². The summed E-state index contributed by atoms with van der Waals surface area (Å²) >= 11 is 0. The van der Waals surface area contributed by atoms with Gasteiger partial charge in [-0.1, -0.05) is 5.21 Å². The molecule has 0 saturated heterocycles. The second kappa shape index (κ2) is 7.08. The number of methoxy groups -OCH3 is 1. The Kier molecular flexibility index (Phi) is 6.21. The summed E-state index contributed by atoms with van der Waals surface area (Å²) in [6, 6.07) is 0.769. The molecule has 0 amide bonds. The first-order chi connectivity index (χ1) is 6.22. The van der Waals surface area contributed by atoms with Crippen LogP contribution in [0.5, 0.6) is 0 Å². The highest BCUT2D eigenvalue weighted by Gasteiger charge is 1.99. The van der Waals surface area contributed by atoms with E-state index in [1.165, 1.54) is 0 Å². The topological polar surface area (TPSA) is 65.8 Å². The van der Waals surface area contributed by atoms with Crippen molar-refractivity contribution in [1.82, 2.24) is 20.7 Å². The number of aromatic nitrogens is 3. The quantitative estimate of drug-likeness (QED) is 0.319. The number of nitrogens with zero attached hydrogens (tertiary/aromatic N) is 3. The molecular formula is C7H16N5O+. The normalized spacial score (nSPS) is 8.00. The standard InChI is InChI=1S/C5H12N2O.C2H3N3/c1-6-5(8-4)7(2)3;1-2-4-5-3-1/h1-4H3;1-2H,(H,3,4,5)/p+1. The van der Waals surface area contributed by atoms with Crippen LogP contribution in [0.1, 0.15) is 0 Å². The molecule has 0 spiro atoms. The Morgan fingerprint density at radius 1 is 1.54 bits per heavy atom. The zero-order chi connectivity index (χ0) is 10.1. The fraction of sp³-hybridized carbons (Fsp3) is 0.571. The molecule has 0 atom stereocenters. The van der Waals surface area contributed by atoms with Gasteiger partial charge in [-0.15, -0.1) is 5.10 Å². The lowest BCUT2D eigenvalue weighted by molar-refractivity contribution is -0.476. The van der Waals surface area contributed by atoms with Crippen molar-refractivity contribution in [2.45, 2.75) is 0 Å². The van der Waals surface area contributed by atoms with E-state index in [1.54, 1.807) is 19.5 Å². The first kappa shape index (κ1) is 11.4. The second-order valence-electron chi connectivity index (χ2n) is 2.31. The van der Waals surface area contributed by atoms with Crippen LogP contribution >= 0.6 is 0 Å². The number of hydrogen-bond donors (Lipinski definition) is 2. The molecule has 6 heteroatoms. The van der Waals surface area contributed by atoms with E-state index in [4.69, 9.17) is 4.74 Å². The van der Waals surface area contributed by atoms with E-state index in [2.05, 4.69) is 20.7 Å². The van der Waals surface area contributed by atoms with Gasteiger partial charge in [-0.25, -0.2) is 9.89 Å². The van der Waals surface area contributed by atoms with E-state index < -0.39 is 0 Å². The van der Waals surface area contributed by atoms with E-state index in [-0.39, 0.29) is 0 Å². The van der Waals surface area contributed by atoms with E-state index in [9.17, 15) is 0 Å². The molecule has 0 aromatic carbocycles. The van der Waals surface area contributed by atoms with Crippen LogP contribution in [-0.2, 0) is 4.74 Å². The van der Waals surface area contributed by atoms with Gasteiger partial charge in [0.05, 0.1) is 34.4 Å². The Bertz CT molecular complexity index is 204. The van der Waals surface area contributed by atoms with Crippen molar-refractivity contribution >= 4 is 6.02 Å². The molecule has 74 valence electrons. The third kappa shape index (κ3) is 5.66. The number of hydrogen-bond acceptors (Lipinski definition) is 3. The van der Waals surface area contributed by atoms with Crippen molar-refractivity contribution in [2.24, 2.45) is 0 Å². The van der Waals surface area contributed by atoms with Gasteiger partial charge in [0.2, 0.25) is 0 Å². The van der Waals surface area contributed by atoms with Crippen molar-refractivity contribution in [3.63, 3.8) is 0 Å². The number of rotatable bonds is 0. The van der Waals surface area contributed by atoms with Gasteiger partial charge in [-0.05, 0) is 0 Å². The van der Waals surface area contributed by atoms with Crippen molar-refractivity contribution in [1.29, 1.82) is 0 Å². The first-order valence-corrected chi connectivity index (χ1v) is 3.78. The van der Waals surface area contributed by atoms with Crippen molar-refractivity contribution < 1.29 is 9.31 Å². The summed E-state index contributed by atoms with van der Waals surface area (Å²) in [4.78, 5) is 0. The molecule has 0 aliphatic heterocycles. The molecule has 0 aliphatic rings. The van der Waals surface area contributed by atoms with Crippen LogP contribution in [0.25, 0.3) is 0 Å². The molecule has 1 heterocycles. The average molecular weight is 186 g/mol. The molecular weight excluding hydrogens is 170 g/mol. The molecule has 1 rings (SSSR count).